The van der Waals surface area contributed by atoms with E-state index in [9.17, 15) is 0 Å². The van der Waals surface area contributed by atoms with E-state index in [4.69, 9.17) is 10.5 Å². The van der Waals surface area contributed by atoms with E-state index in [1.54, 1.807) is 7.11 Å². The molecule has 0 saturated carbocycles. The maximum atomic E-state index is 5.94. The molecule has 2 aromatic carbocycles. The van der Waals surface area contributed by atoms with Crippen LogP contribution < -0.4 is 15.8 Å². The van der Waals surface area contributed by atoms with E-state index < -0.39 is 0 Å². The highest BCUT2D eigenvalue weighted by molar-refractivity contribution is 9.10. The Bertz CT molecular complexity index is 514. The molecule has 2 rings (SSSR count). The van der Waals surface area contributed by atoms with E-state index in [1.807, 2.05) is 42.5 Å². The lowest BCUT2D eigenvalue weighted by molar-refractivity contribution is 0.412. The van der Waals surface area contributed by atoms with Crippen molar-refractivity contribution >= 4 is 33.0 Å². The molecule has 0 atom stereocenters. The summed E-state index contributed by atoms with van der Waals surface area (Å²) in [4.78, 5) is 0. The number of rotatable bonds is 3. The van der Waals surface area contributed by atoms with Crippen molar-refractivity contribution in [2.75, 3.05) is 18.2 Å². The Morgan fingerprint density at radius 1 is 1.12 bits per heavy atom. The van der Waals surface area contributed by atoms with Gasteiger partial charge in [0.25, 0.3) is 0 Å². The minimum atomic E-state index is 0.668. The van der Waals surface area contributed by atoms with Crippen LogP contribution in [0.15, 0.2) is 46.9 Å². The van der Waals surface area contributed by atoms with Crippen molar-refractivity contribution in [3.05, 3.63) is 46.9 Å². The number of para-hydroxylation sites is 1. The van der Waals surface area contributed by atoms with Crippen LogP contribution in [0.3, 0.4) is 0 Å². The van der Waals surface area contributed by atoms with Crippen LogP contribution in [-0.2, 0) is 0 Å². The first-order valence-electron chi connectivity index (χ1n) is 5.16. The second-order valence-corrected chi connectivity index (χ2v) is 4.33. The smallest absolute Gasteiger partial charge is 0.135 e. The van der Waals surface area contributed by atoms with Crippen molar-refractivity contribution in [3.8, 4) is 5.75 Å². The highest BCUT2D eigenvalue weighted by atomic mass is 79.9. The fourth-order valence-corrected chi connectivity index (χ4v) is 2.14. The van der Waals surface area contributed by atoms with Crippen molar-refractivity contribution in [2.45, 2.75) is 0 Å². The molecule has 0 fully saturated rings. The van der Waals surface area contributed by atoms with E-state index in [0.717, 1.165) is 21.6 Å². The highest BCUT2D eigenvalue weighted by Gasteiger charge is 2.10. The van der Waals surface area contributed by atoms with E-state index in [0.29, 0.717) is 5.69 Å². The SMILES string of the molecule is COc1ccc(N)c(Nc2ccccc2)c1Br. The summed E-state index contributed by atoms with van der Waals surface area (Å²) in [6.07, 6.45) is 0. The number of nitrogens with one attached hydrogen (secondary N) is 1. The van der Waals surface area contributed by atoms with Crippen LogP contribution in [0.25, 0.3) is 0 Å². The summed E-state index contributed by atoms with van der Waals surface area (Å²) in [6, 6.07) is 13.5. The maximum Gasteiger partial charge on any atom is 0.135 e. The molecule has 0 aliphatic rings. The van der Waals surface area contributed by atoms with Crippen molar-refractivity contribution in [1.82, 2.24) is 0 Å². The number of nitrogen functional groups attached to an aromatic ring is 1. The van der Waals surface area contributed by atoms with Crippen molar-refractivity contribution in [2.24, 2.45) is 0 Å². The van der Waals surface area contributed by atoms with Crippen LogP contribution >= 0.6 is 15.9 Å². The molecule has 3 N–H and O–H groups in total. The van der Waals surface area contributed by atoms with Gasteiger partial charge >= 0.3 is 0 Å². The number of anilines is 3. The van der Waals surface area contributed by atoms with E-state index in [1.165, 1.54) is 0 Å². The molecule has 2 aromatic rings. The van der Waals surface area contributed by atoms with Gasteiger partial charge in [0.2, 0.25) is 0 Å². The summed E-state index contributed by atoms with van der Waals surface area (Å²) < 4.78 is 6.06. The van der Waals surface area contributed by atoms with Gasteiger partial charge in [-0.3, -0.25) is 0 Å². The molecule has 3 nitrogen and oxygen atoms in total. The second kappa shape index (κ2) is 5.10. The van der Waals surface area contributed by atoms with Crippen LogP contribution in [0.2, 0.25) is 0 Å². The molecular formula is C13H13BrN2O. The first-order chi connectivity index (χ1) is 8.22. The number of hydrogen-bond donors (Lipinski definition) is 2. The van der Waals surface area contributed by atoms with Gasteiger partial charge in [0.15, 0.2) is 0 Å². The molecule has 0 aromatic heterocycles. The zero-order valence-corrected chi connectivity index (χ0v) is 11.0. The Hall–Kier alpha value is -1.68. The first-order valence-corrected chi connectivity index (χ1v) is 5.95. The average Bonchev–Trinajstić information content (AvgIpc) is 2.36. The third-order valence-corrected chi connectivity index (χ3v) is 3.19. The van der Waals surface area contributed by atoms with Gasteiger partial charge in [0, 0.05) is 5.69 Å². The molecular weight excluding hydrogens is 280 g/mol. The molecule has 0 saturated heterocycles. The maximum absolute atomic E-state index is 5.94. The van der Waals surface area contributed by atoms with Crippen LogP contribution in [0.4, 0.5) is 17.1 Å². The molecule has 0 aliphatic carbocycles. The Morgan fingerprint density at radius 3 is 2.47 bits per heavy atom. The van der Waals surface area contributed by atoms with Gasteiger partial charge in [-0.15, -0.1) is 0 Å². The Balaban J connectivity index is 2.38. The van der Waals surface area contributed by atoms with E-state index in [2.05, 4.69) is 21.2 Å². The van der Waals surface area contributed by atoms with Gasteiger partial charge in [-0.05, 0) is 40.2 Å². The molecule has 88 valence electrons. The molecule has 0 amide bonds. The molecule has 4 heteroatoms. The minimum absolute atomic E-state index is 0.668. The highest BCUT2D eigenvalue weighted by Crippen LogP contribution is 2.38. The summed E-state index contributed by atoms with van der Waals surface area (Å²) in [5.74, 6) is 0.748. The molecule has 0 heterocycles. The quantitative estimate of drug-likeness (QED) is 0.847. The topological polar surface area (TPSA) is 47.3 Å². The minimum Gasteiger partial charge on any atom is -0.495 e. The number of ether oxygens (including phenoxy) is 1. The largest absolute Gasteiger partial charge is 0.495 e. The van der Waals surface area contributed by atoms with Gasteiger partial charge in [0.05, 0.1) is 23.0 Å². The first kappa shape index (κ1) is 11.8. The lowest BCUT2D eigenvalue weighted by Gasteiger charge is -2.13. The normalized spacial score (nSPS) is 10.0. The molecule has 0 radical (unpaired) electrons. The van der Waals surface area contributed by atoms with Crippen LogP contribution in [0.1, 0.15) is 0 Å². The lowest BCUT2D eigenvalue weighted by Crippen LogP contribution is -1.98. The van der Waals surface area contributed by atoms with Crippen molar-refractivity contribution in [1.29, 1.82) is 0 Å². The fraction of sp³-hybridized carbons (Fsp3) is 0.0769. The van der Waals surface area contributed by atoms with Crippen LogP contribution in [0.5, 0.6) is 5.75 Å². The van der Waals surface area contributed by atoms with Gasteiger partial charge in [0.1, 0.15) is 5.75 Å². The molecule has 0 bridgehead atoms. The van der Waals surface area contributed by atoms with Gasteiger partial charge in [-0.2, -0.15) is 0 Å². The molecule has 0 unspecified atom stereocenters. The zero-order valence-electron chi connectivity index (χ0n) is 9.41. The lowest BCUT2D eigenvalue weighted by atomic mass is 10.2. The number of benzene rings is 2. The standard InChI is InChI=1S/C13H13BrN2O/c1-17-11-8-7-10(15)13(12(11)14)16-9-5-3-2-4-6-9/h2-8,16H,15H2,1H3. The summed E-state index contributed by atoms with van der Waals surface area (Å²) in [5, 5.41) is 3.26. The average molecular weight is 293 g/mol. The number of halogens is 1. The predicted molar refractivity (Wildman–Crippen MR) is 74.8 cm³/mol. The zero-order chi connectivity index (χ0) is 12.3. The molecule has 17 heavy (non-hydrogen) atoms. The summed E-state index contributed by atoms with van der Waals surface area (Å²) >= 11 is 3.48. The van der Waals surface area contributed by atoms with Gasteiger partial charge in [-0.25, -0.2) is 0 Å². The third kappa shape index (κ3) is 2.53. The monoisotopic (exact) mass is 292 g/mol. The predicted octanol–water partition coefficient (Wildman–Crippen LogP) is 3.78. The second-order valence-electron chi connectivity index (χ2n) is 3.54. The summed E-state index contributed by atoms with van der Waals surface area (Å²) in [6.45, 7) is 0. The van der Waals surface area contributed by atoms with Crippen LogP contribution in [-0.4, -0.2) is 7.11 Å². The Kier molecular flexibility index (Phi) is 3.54. The van der Waals surface area contributed by atoms with Gasteiger partial charge < -0.3 is 15.8 Å². The summed E-state index contributed by atoms with van der Waals surface area (Å²) in [7, 11) is 1.63. The number of methoxy groups -OCH3 is 1. The van der Waals surface area contributed by atoms with Crippen molar-refractivity contribution < 1.29 is 4.74 Å². The van der Waals surface area contributed by atoms with Crippen LogP contribution in [0, 0.1) is 0 Å². The Labute approximate surface area is 109 Å². The van der Waals surface area contributed by atoms with E-state index >= 15 is 0 Å². The number of nitrogens with two attached hydrogens (primary N) is 1. The van der Waals surface area contributed by atoms with Gasteiger partial charge in [-0.1, -0.05) is 18.2 Å². The molecule has 0 spiro atoms. The Morgan fingerprint density at radius 2 is 1.82 bits per heavy atom. The van der Waals surface area contributed by atoms with E-state index in [-0.39, 0.29) is 0 Å². The fourth-order valence-electron chi connectivity index (χ4n) is 1.52. The third-order valence-electron chi connectivity index (χ3n) is 2.40. The van der Waals surface area contributed by atoms with Crippen molar-refractivity contribution in [3.63, 3.8) is 0 Å². The number of hydrogen-bond acceptors (Lipinski definition) is 3. The summed E-state index contributed by atoms with van der Waals surface area (Å²) in [5.41, 5.74) is 8.41. The molecule has 0 aliphatic heterocycles.